The van der Waals surface area contributed by atoms with E-state index in [9.17, 15) is 16.8 Å². The van der Waals surface area contributed by atoms with E-state index in [0.29, 0.717) is 45.7 Å². The molecule has 1 saturated heterocycles. The SMILES string of the molecule is CCCS(=O)(=O)N1CCc2ccc(S(=O)(=O)N3CCOCC3)cc2C1. The second kappa shape index (κ2) is 7.32. The Labute approximate surface area is 149 Å². The van der Waals surface area contributed by atoms with Crippen molar-refractivity contribution >= 4 is 20.0 Å². The van der Waals surface area contributed by atoms with Crippen LogP contribution in [0.2, 0.25) is 0 Å². The molecule has 0 N–H and O–H groups in total. The van der Waals surface area contributed by atoms with Crippen molar-refractivity contribution in [3.8, 4) is 0 Å². The first-order chi connectivity index (χ1) is 11.8. The Morgan fingerprint density at radius 3 is 2.40 bits per heavy atom. The zero-order chi connectivity index (χ0) is 18.1. The molecular weight excluding hydrogens is 364 g/mol. The Morgan fingerprint density at radius 2 is 1.72 bits per heavy atom. The van der Waals surface area contributed by atoms with Gasteiger partial charge >= 0.3 is 0 Å². The summed E-state index contributed by atoms with van der Waals surface area (Å²) >= 11 is 0. The summed E-state index contributed by atoms with van der Waals surface area (Å²) in [6.07, 6.45) is 1.17. The molecular formula is C16H24N2O5S2. The first kappa shape index (κ1) is 18.8. The van der Waals surface area contributed by atoms with Crippen LogP contribution in [0.3, 0.4) is 0 Å². The van der Waals surface area contributed by atoms with Gasteiger partial charge in [0.2, 0.25) is 20.0 Å². The van der Waals surface area contributed by atoms with Gasteiger partial charge in [0.05, 0.1) is 23.9 Å². The van der Waals surface area contributed by atoms with Crippen molar-refractivity contribution in [1.29, 1.82) is 0 Å². The molecule has 2 aliphatic rings. The molecule has 3 rings (SSSR count). The van der Waals surface area contributed by atoms with Gasteiger partial charge in [-0.25, -0.2) is 16.8 Å². The molecule has 0 unspecified atom stereocenters. The van der Waals surface area contributed by atoms with E-state index in [0.717, 1.165) is 11.1 Å². The second-order valence-electron chi connectivity index (χ2n) is 6.35. The van der Waals surface area contributed by atoms with Crippen molar-refractivity contribution in [2.45, 2.75) is 31.2 Å². The normalized spacial score (nSPS) is 20.4. The minimum atomic E-state index is -3.57. The van der Waals surface area contributed by atoms with Crippen LogP contribution in [0.15, 0.2) is 23.1 Å². The average Bonchev–Trinajstić information content (AvgIpc) is 2.61. The third kappa shape index (κ3) is 3.90. The second-order valence-corrected chi connectivity index (χ2v) is 10.4. The van der Waals surface area contributed by atoms with E-state index >= 15 is 0 Å². The summed E-state index contributed by atoms with van der Waals surface area (Å²) in [5, 5.41) is 0. The van der Waals surface area contributed by atoms with E-state index in [4.69, 9.17) is 4.74 Å². The van der Waals surface area contributed by atoms with E-state index in [1.165, 1.54) is 8.61 Å². The molecule has 0 radical (unpaired) electrons. The highest BCUT2D eigenvalue weighted by Crippen LogP contribution is 2.26. The summed E-state index contributed by atoms with van der Waals surface area (Å²) in [6.45, 7) is 4.00. The quantitative estimate of drug-likeness (QED) is 0.745. The lowest BCUT2D eigenvalue weighted by molar-refractivity contribution is 0.0730. The predicted molar refractivity (Wildman–Crippen MR) is 94.2 cm³/mol. The van der Waals surface area contributed by atoms with Gasteiger partial charge in [-0.2, -0.15) is 8.61 Å². The van der Waals surface area contributed by atoms with E-state index < -0.39 is 20.0 Å². The number of benzene rings is 1. The van der Waals surface area contributed by atoms with Crippen molar-refractivity contribution in [3.63, 3.8) is 0 Å². The highest BCUT2D eigenvalue weighted by atomic mass is 32.2. The van der Waals surface area contributed by atoms with Gasteiger partial charge in [-0.1, -0.05) is 13.0 Å². The molecule has 25 heavy (non-hydrogen) atoms. The van der Waals surface area contributed by atoms with E-state index in [-0.39, 0.29) is 17.2 Å². The van der Waals surface area contributed by atoms with Gasteiger partial charge in [-0.3, -0.25) is 0 Å². The van der Waals surface area contributed by atoms with Gasteiger partial charge < -0.3 is 4.74 Å². The van der Waals surface area contributed by atoms with Gasteiger partial charge in [0.1, 0.15) is 0 Å². The van der Waals surface area contributed by atoms with Gasteiger partial charge in [0.15, 0.2) is 0 Å². The van der Waals surface area contributed by atoms with Crippen LogP contribution < -0.4 is 0 Å². The highest BCUT2D eigenvalue weighted by molar-refractivity contribution is 7.89. The van der Waals surface area contributed by atoms with Gasteiger partial charge in [-0.15, -0.1) is 0 Å². The molecule has 0 bridgehead atoms. The minimum Gasteiger partial charge on any atom is -0.379 e. The van der Waals surface area contributed by atoms with Crippen LogP contribution in [-0.4, -0.2) is 64.0 Å². The molecule has 1 aromatic rings. The van der Waals surface area contributed by atoms with Crippen molar-refractivity contribution in [2.75, 3.05) is 38.6 Å². The first-order valence-electron chi connectivity index (χ1n) is 8.52. The van der Waals surface area contributed by atoms with Crippen LogP contribution in [0, 0.1) is 0 Å². The number of rotatable bonds is 5. The standard InChI is InChI=1S/C16H24N2O5S2/c1-2-11-24(19,20)18-6-5-14-3-4-16(12-15(14)13-18)25(21,22)17-7-9-23-10-8-17/h3-4,12H,2,5-11,13H2,1H3. The fourth-order valence-corrected chi connectivity index (χ4v) is 6.17. The summed E-state index contributed by atoms with van der Waals surface area (Å²) in [7, 11) is -6.86. The van der Waals surface area contributed by atoms with E-state index in [1.54, 1.807) is 12.1 Å². The molecule has 0 aromatic heterocycles. The van der Waals surface area contributed by atoms with Crippen molar-refractivity contribution in [2.24, 2.45) is 0 Å². The molecule has 1 aromatic carbocycles. The predicted octanol–water partition coefficient (Wildman–Crippen LogP) is 0.805. The van der Waals surface area contributed by atoms with Gasteiger partial charge in [0, 0.05) is 26.2 Å². The largest absolute Gasteiger partial charge is 0.379 e. The van der Waals surface area contributed by atoms with Crippen LogP contribution >= 0.6 is 0 Å². The fourth-order valence-electron chi connectivity index (χ4n) is 3.23. The topological polar surface area (TPSA) is 84.0 Å². The number of fused-ring (bicyclic) bond motifs is 1. The maximum atomic E-state index is 12.8. The molecule has 7 nitrogen and oxygen atoms in total. The van der Waals surface area contributed by atoms with Gasteiger partial charge in [0.25, 0.3) is 0 Å². The summed E-state index contributed by atoms with van der Waals surface area (Å²) in [5.41, 5.74) is 1.80. The Hall–Kier alpha value is -1.00. The Balaban J connectivity index is 1.87. The summed E-state index contributed by atoms with van der Waals surface area (Å²) in [4.78, 5) is 0.225. The third-order valence-corrected chi connectivity index (χ3v) is 8.54. The summed E-state index contributed by atoms with van der Waals surface area (Å²) in [6, 6.07) is 5.07. The summed E-state index contributed by atoms with van der Waals surface area (Å²) < 4.78 is 58.3. The molecule has 0 spiro atoms. The van der Waals surface area contributed by atoms with E-state index in [1.807, 2.05) is 13.0 Å². The number of sulfonamides is 2. The van der Waals surface area contributed by atoms with Crippen LogP contribution in [0.5, 0.6) is 0 Å². The number of hydrogen-bond donors (Lipinski definition) is 0. The molecule has 1 fully saturated rings. The zero-order valence-corrected chi connectivity index (χ0v) is 16.0. The maximum Gasteiger partial charge on any atom is 0.243 e. The number of nitrogens with zero attached hydrogens (tertiary/aromatic N) is 2. The molecule has 9 heteroatoms. The minimum absolute atomic E-state index is 0.119. The van der Waals surface area contributed by atoms with E-state index in [2.05, 4.69) is 0 Å². The smallest absolute Gasteiger partial charge is 0.243 e. The Kier molecular flexibility index (Phi) is 5.50. The monoisotopic (exact) mass is 388 g/mol. The van der Waals surface area contributed by atoms with Crippen molar-refractivity contribution in [3.05, 3.63) is 29.3 Å². The number of hydrogen-bond acceptors (Lipinski definition) is 5. The van der Waals surface area contributed by atoms with Crippen LogP contribution in [0.25, 0.3) is 0 Å². The fraction of sp³-hybridized carbons (Fsp3) is 0.625. The molecule has 0 atom stereocenters. The molecule has 0 aliphatic carbocycles. The average molecular weight is 389 g/mol. The number of morpholine rings is 1. The lowest BCUT2D eigenvalue weighted by Crippen LogP contribution is -2.41. The molecule has 2 heterocycles. The van der Waals surface area contributed by atoms with Crippen molar-refractivity contribution in [1.82, 2.24) is 8.61 Å². The highest BCUT2D eigenvalue weighted by Gasteiger charge is 2.30. The van der Waals surface area contributed by atoms with Crippen LogP contribution in [0.4, 0.5) is 0 Å². The van der Waals surface area contributed by atoms with Gasteiger partial charge in [-0.05, 0) is 36.1 Å². The molecule has 0 saturated carbocycles. The number of ether oxygens (including phenoxy) is 1. The van der Waals surface area contributed by atoms with Crippen LogP contribution in [-0.2, 0) is 37.7 Å². The summed E-state index contributed by atoms with van der Waals surface area (Å²) in [5.74, 6) is 0.119. The Bertz CT molecular complexity index is 830. The lowest BCUT2D eigenvalue weighted by Gasteiger charge is -2.29. The van der Waals surface area contributed by atoms with Crippen LogP contribution in [0.1, 0.15) is 24.5 Å². The third-order valence-electron chi connectivity index (χ3n) is 4.62. The Morgan fingerprint density at radius 1 is 1.00 bits per heavy atom. The molecule has 2 aliphatic heterocycles. The zero-order valence-electron chi connectivity index (χ0n) is 14.3. The molecule has 0 amide bonds. The lowest BCUT2D eigenvalue weighted by atomic mass is 10.0. The first-order valence-corrected chi connectivity index (χ1v) is 11.6. The maximum absolute atomic E-state index is 12.8. The molecule has 140 valence electrons. The van der Waals surface area contributed by atoms with Crippen molar-refractivity contribution < 1.29 is 21.6 Å².